The second kappa shape index (κ2) is 7.54. The second-order valence-electron chi connectivity index (χ2n) is 8.31. The largest absolute Gasteiger partial charge is 0.422 e. The summed E-state index contributed by atoms with van der Waals surface area (Å²) in [6, 6.07) is 13.9. The number of thiophene rings is 1. The lowest BCUT2D eigenvalue weighted by Gasteiger charge is -2.36. The fourth-order valence-corrected chi connectivity index (χ4v) is 5.41. The van der Waals surface area contributed by atoms with E-state index in [1.54, 1.807) is 6.07 Å². The Morgan fingerprint density at radius 2 is 1.61 bits per heavy atom. The highest BCUT2D eigenvalue weighted by Gasteiger charge is 2.25. The first-order valence-electron chi connectivity index (χ1n) is 10.5. The number of carbonyl (C=O) groups is 1. The van der Waals surface area contributed by atoms with Gasteiger partial charge in [-0.2, -0.15) is 0 Å². The van der Waals surface area contributed by atoms with E-state index in [0.29, 0.717) is 28.9 Å². The Hall–Kier alpha value is -3.12. The lowest BCUT2D eigenvalue weighted by Crippen LogP contribution is -2.48. The predicted octanol–water partition coefficient (Wildman–Crippen LogP) is 4.90. The van der Waals surface area contributed by atoms with E-state index in [-0.39, 0.29) is 11.5 Å². The number of aryl methyl sites for hydroxylation is 3. The minimum Gasteiger partial charge on any atom is -0.422 e. The Bertz CT molecular complexity index is 1380. The standard InChI is InChI=1S/C25H24N2O3S/c1-15-5-7-21-18(12-15)23-19(25(29)30-21)14-22(31-23)24(28)27-10-8-26(9-11-27)20-13-16(2)4-6-17(20)3/h4-7,12-14H,8-11H2,1-3H3. The molecule has 0 unspecified atom stereocenters. The second-order valence-corrected chi connectivity index (χ2v) is 9.36. The third-order valence-electron chi connectivity index (χ3n) is 6.02. The van der Waals surface area contributed by atoms with E-state index in [9.17, 15) is 9.59 Å². The lowest BCUT2D eigenvalue weighted by molar-refractivity contribution is 0.0751. The van der Waals surface area contributed by atoms with Gasteiger partial charge in [-0.05, 0) is 56.2 Å². The molecule has 0 bridgehead atoms. The third-order valence-corrected chi connectivity index (χ3v) is 7.17. The molecule has 3 heterocycles. The number of hydrogen-bond acceptors (Lipinski definition) is 5. The van der Waals surface area contributed by atoms with Crippen molar-refractivity contribution in [3.63, 3.8) is 0 Å². The fraction of sp³-hybridized carbons (Fsp3) is 0.280. The van der Waals surface area contributed by atoms with Gasteiger partial charge in [-0.25, -0.2) is 4.79 Å². The molecule has 1 aliphatic heterocycles. The van der Waals surface area contributed by atoms with Gasteiger partial charge in [0, 0.05) is 37.3 Å². The fourth-order valence-electron chi connectivity index (χ4n) is 4.28. The van der Waals surface area contributed by atoms with Crippen molar-refractivity contribution in [1.29, 1.82) is 0 Å². The SMILES string of the molecule is Cc1ccc(C)c(N2CCN(C(=O)c3cc4c(=O)oc5ccc(C)cc5c4s3)CC2)c1. The number of anilines is 1. The number of amides is 1. The topological polar surface area (TPSA) is 53.8 Å². The van der Waals surface area contributed by atoms with Gasteiger partial charge in [-0.15, -0.1) is 11.3 Å². The van der Waals surface area contributed by atoms with Crippen LogP contribution in [-0.2, 0) is 0 Å². The van der Waals surface area contributed by atoms with Crippen LogP contribution in [0.4, 0.5) is 5.69 Å². The first-order valence-corrected chi connectivity index (χ1v) is 11.3. The summed E-state index contributed by atoms with van der Waals surface area (Å²) in [5.41, 5.74) is 5.00. The Balaban J connectivity index is 1.41. The molecule has 0 atom stereocenters. The molecule has 0 N–H and O–H groups in total. The summed E-state index contributed by atoms with van der Waals surface area (Å²) >= 11 is 1.39. The summed E-state index contributed by atoms with van der Waals surface area (Å²) in [7, 11) is 0. The van der Waals surface area contributed by atoms with Crippen LogP contribution in [0.25, 0.3) is 21.1 Å². The van der Waals surface area contributed by atoms with E-state index >= 15 is 0 Å². The molecule has 5 rings (SSSR count). The predicted molar refractivity (Wildman–Crippen MR) is 127 cm³/mol. The maximum Gasteiger partial charge on any atom is 0.345 e. The van der Waals surface area contributed by atoms with E-state index < -0.39 is 0 Å². The van der Waals surface area contributed by atoms with E-state index in [1.807, 2.05) is 30.0 Å². The van der Waals surface area contributed by atoms with Gasteiger partial charge in [0.15, 0.2) is 0 Å². The molecule has 0 radical (unpaired) electrons. The van der Waals surface area contributed by atoms with Crippen molar-refractivity contribution in [1.82, 2.24) is 4.90 Å². The number of carbonyl (C=O) groups excluding carboxylic acids is 1. The first kappa shape index (κ1) is 19.8. The molecule has 31 heavy (non-hydrogen) atoms. The van der Waals surface area contributed by atoms with Gasteiger partial charge in [0.25, 0.3) is 5.91 Å². The molecule has 4 aromatic rings. The Morgan fingerprint density at radius 3 is 2.39 bits per heavy atom. The van der Waals surface area contributed by atoms with E-state index in [0.717, 1.165) is 28.7 Å². The Labute approximate surface area is 184 Å². The van der Waals surface area contributed by atoms with Crippen molar-refractivity contribution in [3.8, 4) is 0 Å². The minimum atomic E-state index is -0.388. The molecule has 1 fully saturated rings. The molecule has 6 heteroatoms. The van der Waals surface area contributed by atoms with E-state index in [4.69, 9.17) is 4.42 Å². The number of piperazine rings is 1. The summed E-state index contributed by atoms with van der Waals surface area (Å²) in [6.45, 7) is 9.15. The molecule has 158 valence electrons. The normalized spacial score (nSPS) is 14.5. The molecule has 5 nitrogen and oxygen atoms in total. The van der Waals surface area contributed by atoms with Gasteiger partial charge < -0.3 is 14.2 Å². The summed E-state index contributed by atoms with van der Waals surface area (Å²) in [5.74, 6) is -0.0120. The quantitative estimate of drug-likeness (QED) is 0.423. The monoisotopic (exact) mass is 432 g/mol. The van der Waals surface area contributed by atoms with E-state index in [1.165, 1.54) is 28.2 Å². The molecular formula is C25H24N2O3S. The van der Waals surface area contributed by atoms with Crippen LogP contribution in [0.2, 0.25) is 0 Å². The van der Waals surface area contributed by atoms with Crippen LogP contribution >= 0.6 is 11.3 Å². The highest BCUT2D eigenvalue weighted by Crippen LogP contribution is 2.32. The number of nitrogens with zero attached hydrogens (tertiary/aromatic N) is 2. The maximum absolute atomic E-state index is 13.2. The summed E-state index contributed by atoms with van der Waals surface area (Å²) in [6.07, 6.45) is 0. The molecule has 2 aromatic heterocycles. The van der Waals surface area contributed by atoms with Gasteiger partial charge in [0.2, 0.25) is 0 Å². The number of fused-ring (bicyclic) bond motifs is 3. The van der Waals surface area contributed by atoms with Gasteiger partial charge >= 0.3 is 5.63 Å². The highest BCUT2D eigenvalue weighted by molar-refractivity contribution is 7.21. The number of rotatable bonds is 2. The molecule has 1 aliphatic rings. The van der Waals surface area contributed by atoms with Crippen molar-refractivity contribution >= 4 is 44.0 Å². The molecule has 2 aromatic carbocycles. The van der Waals surface area contributed by atoms with Crippen LogP contribution in [0.5, 0.6) is 0 Å². The summed E-state index contributed by atoms with van der Waals surface area (Å²) < 4.78 is 6.30. The van der Waals surface area contributed by atoms with Crippen LogP contribution < -0.4 is 10.5 Å². The molecule has 1 saturated heterocycles. The molecular weight excluding hydrogens is 408 g/mol. The zero-order chi connectivity index (χ0) is 21.7. The van der Waals surface area contributed by atoms with Crippen LogP contribution in [0.3, 0.4) is 0 Å². The van der Waals surface area contributed by atoms with Crippen molar-refractivity contribution < 1.29 is 9.21 Å². The average Bonchev–Trinajstić information content (AvgIpc) is 3.22. The van der Waals surface area contributed by atoms with Gasteiger partial charge in [-0.3, -0.25) is 4.79 Å². The zero-order valence-corrected chi connectivity index (χ0v) is 18.7. The molecule has 1 amide bonds. The van der Waals surface area contributed by atoms with Crippen molar-refractivity contribution in [3.05, 3.63) is 74.5 Å². The minimum absolute atomic E-state index is 0.0120. The zero-order valence-electron chi connectivity index (χ0n) is 17.9. The summed E-state index contributed by atoms with van der Waals surface area (Å²) in [4.78, 5) is 30.5. The third kappa shape index (κ3) is 3.51. The van der Waals surface area contributed by atoms with E-state index in [2.05, 4.69) is 36.9 Å². The molecule has 0 aliphatic carbocycles. The highest BCUT2D eigenvalue weighted by atomic mass is 32.1. The smallest absolute Gasteiger partial charge is 0.345 e. The average molecular weight is 433 g/mol. The number of hydrogen-bond donors (Lipinski definition) is 0. The number of benzene rings is 2. The summed E-state index contributed by atoms with van der Waals surface area (Å²) in [5, 5.41) is 1.37. The van der Waals surface area contributed by atoms with Gasteiger partial charge in [0.1, 0.15) is 5.58 Å². The van der Waals surface area contributed by atoms with Crippen molar-refractivity contribution in [2.75, 3.05) is 31.1 Å². The van der Waals surface area contributed by atoms with Crippen LogP contribution in [0.1, 0.15) is 26.4 Å². The maximum atomic E-state index is 13.2. The lowest BCUT2D eigenvalue weighted by atomic mass is 10.1. The van der Waals surface area contributed by atoms with Crippen LogP contribution in [0, 0.1) is 20.8 Å². The Kier molecular flexibility index (Phi) is 4.82. The molecule has 0 spiro atoms. The van der Waals surface area contributed by atoms with Crippen LogP contribution in [0.15, 0.2) is 51.7 Å². The first-order chi connectivity index (χ1) is 14.9. The van der Waals surface area contributed by atoms with Crippen molar-refractivity contribution in [2.24, 2.45) is 0 Å². The van der Waals surface area contributed by atoms with Gasteiger partial charge in [-0.1, -0.05) is 23.8 Å². The van der Waals surface area contributed by atoms with Crippen molar-refractivity contribution in [2.45, 2.75) is 20.8 Å². The van der Waals surface area contributed by atoms with Gasteiger partial charge in [0.05, 0.1) is 15.0 Å². The van der Waals surface area contributed by atoms with Crippen LogP contribution in [-0.4, -0.2) is 37.0 Å². The Morgan fingerprint density at radius 1 is 0.903 bits per heavy atom. The molecule has 0 saturated carbocycles.